The van der Waals surface area contributed by atoms with Gasteiger partial charge in [-0.1, -0.05) is 0 Å². The first kappa shape index (κ1) is 19.2. The van der Waals surface area contributed by atoms with Crippen molar-refractivity contribution < 1.29 is 4.79 Å². The number of aromatic nitrogens is 1. The monoisotopic (exact) mass is 366 g/mol. The number of anilines is 3. The molecule has 0 unspecified atom stereocenters. The lowest BCUT2D eigenvalue weighted by atomic mass is 10.1. The van der Waals surface area contributed by atoms with E-state index in [1.807, 2.05) is 19.1 Å². The molecule has 0 spiro atoms. The Kier molecular flexibility index (Phi) is 6.32. The third-order valence-corrected chi connectivity index (χ3v) is 5.27. The van der Waals surface area contributed by atoms with Crippen LogP contribution in [-0.4, -0.2) is 37.1 Å². The topological polar surface area (TPSA) is 48.5 Å². The summed E-state index contributed by atoms with van der Waals surface area (Å²) in [4.78, 5) is 21.8. The van der Waals surface area contributed by atoms with Crippen LogP contribution in [0.2, 0.25) is 0 Å². The van der Waals surface area contributed by atoms with E-state index in [0.717, 1.165) is 43.2 Å². The molecule has 0 radical (unpaired) electrons. The lowest BCUT2D eigenvalue weighted by molar-refractivity contribution is 0.102. The van der Waals surface area contributed by atoms with Crippen LogP contribution in [0.1, 0.15) is 49.0 Å². The van der Waals surface area contributed by atoms with Crippen molar-refractivity contribution in [3.63, 3.8) is 0 Å². The van der Waals surface area contributed by atoms with Crippen LogP contribution in [0.4, 0.5) is 17.2 Å². The zero-order valence-electron chi connectivity index (χ0n) is 16.7. The smallest absolute Gasteiger partial charge is 0.255 e. The van der Waals surface area contributed by atoms with Crippen molar-refractivity contribution in [1.82, 2.24) is 4.98 Å². The molecule has 1 aliphatic heterocycles. The molecule has 1 aromatic heterocycles. The number of pyridine rings is 1. The van der Waals surface area contributed by atoms with Crippen molar-refractivity contribution in [3.8, 4) is 0 Å². The van der Waals surface area contributed by atoms with Gasteiger partial charge in [0, 0.05) is 49.3 Å². The van der Waals surface area contributed by atoms with Crippen molar-refractivity contribution in [3.05, 3.63) is 47.7 Å². The molecule has 2 aromatic rings. The molecule has 1 aliphatic rings. The molecule has 0 atom stereocenters. The first-order chi connectivity index (χ1) is 13.1. The van der Waals surface area contributed by atoms with Gasteiger partial charge < -0.3 is 15.1 Å². The highest BCUT2D eigenvalue weighted by Crippen LogP contribution is 2.24. The average Bonchev–Trinajstić information content (AvgIpc) is 2.71. The number of benzene rings is 1. The van der Waals surface area contributed by atoms with E-state index in [1.54, 1.807) is 12.3 Å². The minimum Gasteiger partial charge on any atom is -0.372 e. The Morgan fingerprint density at radius 2 is 1.85 bits per heavy atom. The molecule has 1 N–H and O–H groups in total. The number of piperidine rings is 1. The Morgan fingerprint density at radius 3 is 2.52 bits per heavy atom. The summed E-state index contributed by atoms with van der Waals surface area (Å²) in [5, 5.41) is 3.06. The van der Waals surface area contributed by atoms with E-state index in [-0.39, 0.29) is 5.91 Å². The fourth-order valence-electron chi connectivity index (χ4n) is 3.62. The first-order valence-electron chi connectivity index (χ1n) is 10.00. The summed E-state index contributed by atoms with van der Waals surface area (Å²) in [7, 11) is 0. The Bertz CT molecular complexity index is 780. The second-order valence-corrected chi connectivity index (χ2v) is 7.08. The maximum Gasteiger partial charge on any atom is 0.255 e. The molecule has 1 fully saturated rings. The lowest BCUT2D eigenvalue weighted by Crippen LogP contribution is -2.30. The molecular formula is C22H30N4O. The number of nitrogens with one attached hydrogen (secondary N) is 1. The zero-order chi connectivity index (χ0) is 19.2. The molecule has 27 heavy (non-hydrogen) atoms. The van der Waals surface area contributed by atoms with Crippen LogP contribution < -0.4 is 15.1 Å². The van der Waals surface area contributed by atoms with Crippen LogP contribution in [0.25, 0.3) is 0 Å². The van der Waals surface area contributed by atoms with E-state index >= 15 is 0 Å². The number of rotatable bonds is 6. The summed E-state index contributed by atoms with van der Waals surface area (Å²) in [6.45, 7) is 10.3. The van der Waals surface area contributed by atoms with Gasteiger partial charge >= 0.3 is 0 Å². The number of aryl methyl sites for hydroxylation is 1. The maximum atomic E-state index is 12.8. The van der Waals surface area contributed by atoms with E-state index in [0.29, 0.717) is 5.56 Å². The molecule has 0 bridgehead atoms. The van der Waals surface area contributed by atoms with Crippen LogP contribution in [-0.2, 0) is 0 Å². The van der Waals surface area contributed by atoms with Gasteiger partial charge in [-0.3, -0.25) is 4.79 Å². The molecule has 1 saturated heterocycles. The summed E-state index contributed by atoms with van der Waals surface area (Å²) in [5.41, 5.74) is 3.76. The number of hydrogen-bond donors (Lipinski definition) is 1. The zero-order valence-corrected chi connectivity index (χ0v) is 16.7. The number of carbonyl (C=O) groups is 1. The van der Waals surface area contributed by atoms with Gasteiger partial charge in [0.25, 0.3) is 5.91 Å². The van der Waals surface area contributed by atoms with Crippen LogP contribution in [0.5, 0.6) is 0 Å². The van der Waals surface area contributed by atoms with Crippen molar-refractivity contribution >= 4 is 23.1 Å². The highest BCUT2D eigenvalue weighted by Gasteiger charge is 2.15. The molecule has 2 heterocycles. The number of carbonyl (C=O) groups excluding carboxylic acids is 1. The minimum absolute atomic E-state index is 0.0886. The molecule has 5 nitrogen and oxygen atoms in total. The van der Waals surface area contributed by atoms with Crippen LogP contribution in [0.3, 0.4) is 0 Å². The molecule has 0 saturated carbocycles. The molecule has 1 amide bonds. The number of hydrogen-bond acceptors (Lipinski definition) is 4. The van der Waals surface area contributed by atoms with Crippen molar-refractivity contribution in [2.75, 3.05) is 41.3 Å². The van der Waals surface area contributed by atoms with Gasteiger partial charge in [-0.05, 0) is 75.9 Å². The molecule has 0 aliphatic carbocycles. The maximum absolute atomic E-state index is 12.8. The summed E-state index contributed by atoms with van der Waals surface area (Å²) in [6, 6.07) is 9.88. The number of nitrogens with zero attached hydrogens (tertiary/aromatic N) is 3. The summed E-state index contributed by atoms with van der Waals surface area (Å²) in [5.74, 6) is 0.810. The fourth-order valence-corrected chi connectivity index (χ4v) is 3.62. The highest BCUT2D eigenvalue weighted by atomic mass is 16.1. The van der Waals surface area contributed by atoms with Gasteiger partial charge in [-0.25, -0.2) is 4.98 Å². The average molecular weight is 367 g/mol. The molecule has 1 aromatic carbocycles. The van der Waals surface area contributed by atoms with Crippen LogP contribution in [0, 0.1) is 6.92 Å². The van der Waals surface area contributed by atoms with Crippen molar-refractivity contribution in [2.45, 2.75) is 40.0 Å². The Morgan fingerprint density at radius 1 is 1.11 bits per heavy atom. The third-order valence-electron chi connectivity index (χ3n) is 5.27. The van der Waals surface area contributed by atoms with Gasteiger partial charge in [0.1, 0.15) is 5.82 Å². The van der Waals surface area contributed by atoms with Crippen molar-refractivity contribution in [1.29, 1.82) is 0 Å². The highest BCUT2D eigenvalue weighted by molar-refractivity contribution is 6.05. The second-order valence-electron chi connectivity index (χ2n) is 7.08. The fraction of sp³-hybridized carbons (Fsp3) is 0.455. The van der Waals surface area contributed by atoms with Gasteiger partial charge in [0.05, 0.1) is 0 Å². The van der Waals surface area contributed by atoms with Crippen LogP contribution in [0.15, 0.2) is 36.5 Å². The summed E-state index contributed by atoms with van der Waals surface area (Å²) < 4.78 is 0. The van der Waals surface area contributed by atoms with E-state index in [4.69, 9.17) is 0 Å². The molecular weight excluding hydrogens is 336 g/mol. The molecule has 5 heteroatoms. The first-order valence-corrected chi connectivity index (χ1v) is 10.00. The predicted octanol–water partition coefficient (Wildman–Crippen LogP) is 4.48. The SMILES string of the molecule is CCN(CC)c1ccc(NC(=O)c2ccnc(N3CCCCC3)c2)c(C)c1. The van der Waals surface area contributed by atoms with Gasteiger partial charge in [-0.2, -0.15) is 0 Å². The molecule has 144 valence electrons. The van der Waals surface area contributed by atoms with Gasteiger partial charge in [-0.15, -0.1) is 0 Å². The van der Waals surface area contributed by atoms with Gasteiger partial charge in [0.15, 0.2) is 0 Å². The van der Waals surface area contributed by atoms with E-state index in [2.05, 4.69) is 46.1 Å². The lowest BCUT2D eigenvalue weighted by Gasteiger charge is -2.27. The van der Waals surface area contributed by atoms with E-state index in [9.17, 15) is 4.79 Å². The van der Waals surface area contributed by atoms with E-state index in [1.165, 1.54) is 24.9 Å². The van der Waals surface area contributed by atoms with Gasteiger partial charge in [0.2, 0.25) is 0 Å². The Labute approximate surface area is 162 Å². The van der Waals surface area contributed by atoms with Crippen LogP contribution >= 0.6 is 0 Å². The largest absolute Gasteiger partial charge is 0.372 e. The summed E-state index contributed by atoms with van der Waals surface area (Å²) >= 11 is 0. The van der Waals surface area contributed by atoms with E-state index < -0.39 is 0 Å². The predicted molar refractivity (Wildman–Crippen MR) is 113 cm³/mol. The Hall–Kier alpha value is -2.56. The standard InChI is InChI=1S/C22H30N4O/c1-4-25(5-2)19-9-10-20(17(3)15-19)24-22(27)18-11-12-23-21(16-18)26-13-7-6-8-14-26/h9-12,15-16H,4-8,13-14H2,1-3H3,(H,24,27). The second kappa shape index (κ2) is 8.89. The third kappa shape index (κ3) is 4.59. The normalized spacial score (nSPS) is 14.1. The quantitative estimate of drug-likeness (QED) is 0.819. The minimum atomic E-state index is -0.0886. The Balaban J connectivity index is 1.73. The van der Waals surface area contributed by atoms with Crippen molar-refractivity contribution in [2.24, 2.45) is 0 Å². The molecule has 3 rings (SSSR count). The number of amides is 1. The summed E-state index contributed by atoms with van der Waals surface area (Å²) in [6.07, 6.45) is 5.39.